The van der Waals surface area contributed by atoms with Crippen molar-refractivity contribution in [3.8, 4) is 0 Å². The molecule has 0 aliphatic carbocycles. The molecule has 0 fully saturated rings. The average Bonchev–Trinajstić information content (AvgIpc) is 2.82. The normalized spacial score (nSPS) is 13.7. The number of esters is 1. The number of fused-ring (bicyclic) bond motifs is 1. The van der Waals surface area contributed by atoms with Gasteiger partial charge in [0, 0.05) is 10.0 Å². The predicted octanol–water partition coefficient (Wildman–Crippen LogP) is 5.45. The lowest BCUT2D eigenvalue weighted by Crippen LogP contribution is -2.44. The number of hydrogen-bond donors (Lipinski definition) is 0. The van der Waals surface area contributed by atoms with Crippen LogP contribution in [-0.2, 0) is 20.8 Å². The Hall–Kier alpha value is -1.80. The number of ether oxygens (including phenoxy) is 3. The first-order valence-electron chi connectivity index (χ1n) is 8.15. The summed E-state index contributed by atoms with van der Waals surface area (Å²) in [4.78, 5) is 38.1. The van der Waals surface area contributed by atoms with Gasteiger partial charge >= 0.3 is 18.2 Å². The van der Waals surface area contributed by atoms with Crippen LogP contribution in [0.3, 0.4) is 0 Å². The summed E-state index contributed by atoms with van der Waals surface area (Å²) in [5.41, 5.74) is -1.02. The van der Waals surface area contributed by atoms with Crippen molar-refractivity contribution in [2.75, 3.05) is 4.90 Å². The van der Waals surface area contributed by atoms with Crippen molar-refractivity contribution in [2.45, 2.75) is 59.4 Å². The molecule has 7 nitrogen and oxygen atoms in total. The molecule has 0 saturated heterocycles. The maximum absolute atomic E-state index is 12.7. The largest absolute Gasteiger partial charge is 0.457 e. The molecule has 1 aliphatic heterocycles. The quantitative estimate of drug-likeness (QED) is 0.408. The Bertz CT molecular complexity index is 782. The summed E-state index contributed by atoms with van der Waals surface area (Å²) in [6.07, 6.45) is -1.95. The smallest absolute Gasteiger partial charge is 0.424 e. The number of anilines is 1. The van der Waals surface area contributed by atoms with E-state index in [4.69, 9.17) is 25.8 Å². The van der Waals surface area contributed by atoms with Crippen LogP contribution < -0.4 is 4.90 Å². The monoisotopic (exact) mass is 461 g/mol. The topological polar surface area (TPSA) is 82.1 Å². The van der Waals surface area contributed by atoms with Crippen LogP contribution in [0.15, 0.2) is 10.5 Å². The first-order valence-corrected chi connectivity index (χ1v) is 9.32. The van der Waals surface area contributed by atoms with Crippen molar-refractivity contribution in [1.29, 1.82) is 0 Å². The molecule has 0 spiro atoms. The Labute approximate surface area is 171 Å². The molecule has 1 heterocycles. The summed E-state index contributed by atoms with van der Waals surface area (Å²) < 4.78 is 16.0. The first kappa shape index (κ1) is 21.5. The summed E-state index contributed by atoms with van der Waals surface area (Å²) in [6.45, 7) is 10.0. The SMILES string of the molecule is CC(C)(C)OC(=O)N(C(=O)OC(C)(C)C)c1cc2c(c(Br)c1Cl)COC2=O. The van der Waals surface area contributed by atoms with E-state index >= 15 is 0 Å². The molecular weight excluding hydrogens is 442 g/mol. The second-order valence-electron chi connectivity index (χ2n) is 7.92. The Balaban J connectivity index is 2.59. The van der Waals surface area contributed by atoms with E-state index in [1.165, 1.54) is 6.07 Å². The maximum atomic E-state index is 12.7. The van der Waals surface area contributed by atoms with Gasteiger partial charge in [-0.1, -0.05) is 11.6 Å². The molecule has 0 N–H and O–H groups in total. The van der Waals surface area contributed by atoms with Gasteiger partial charge in [0.2, 0.25) is 0 Å². The van der Waals surface area contributed by atoms with Crippen LogP contribution in [0.4, 0.5) is 15.3 Å². The third-order valence-electron chi connectivity index (χ3n) is 3.25. The van der Waals surface area contributed by atoms with Crippen molar-refractivity contribution < 1.29 is 28.6 Å². The third-order valence-corrected chi connectivity index (χ3v) is 4.74. The van der Waals surface area contributed by atoms with Crippen molar-refractivity contribution >= 4 is 51.4 Å². The van der Waals surface area contributed by atoms with Gasteiger partial charge in [-0.3, -0.25) is 0 Å². The Morgan fingerprint density at radius 2 is 1.59 bits per heavy atom. The third kappa shape index (κ3) is 4.93. The van der Waals surface area contributed by atoms with Crippen LogP contribution in [0.1, 0.15) is 57.5 Å². The minimum atomic E-state index is -0.975. The molecule has 2 amide bonds. The van der Waals surface area contributed by atoms with Crippen LogP contribution in [0.25, 0.3) is 0 Å². The van der Waals surface area contributed by atoms with Crippen LogP contribution in [0.5, 0.6) is 0 Å². The number of hydrogen-bond acceptors (Lipinski definition) is 6. The zero-order chi connectivity index (χ0) is 20.7. The van der Waals surface area contributed by atoms with E-state index in [0.29, 0.717) is 14.9 Å². The van der Waals surface area contributed by atoms with Crippen LogP contribution in [-0.4, -0.2) is 29.4 Å². The van der Waals surface area contributed by atoms with Gasteiger partial charge in [-0.05, 0) is 63.5 Å². The van der Waals surface area contributed by atoms with E-state index < -0.39 is 29.4 Å². The zero-order valence-electron chi connectivity index (χ0n) is 15.9. The van der Waals surface area contributed by atoms with E-state index in [1.807, 2.05) is 0 Å². The lowest BCUT2D eigenvalue weighted by atomic mass is 10.1. The number of benzene rings is 1. The molecule has 1 aromatic carbocycles. The van der Waals surface area contributed by atoms with Crippen molar-refractivity contribution in [1.82, 2.24) is 0 Å². The first-order chi connectivity index (χ1) is 12.2. The van der Waals surface area contributed by atoms with Crippen LogP contribution in [0.2, 0.25) is 5.02 Å². The van der Waals surface area contributed by atoms with Gasteiger partial charge < -0.3 is 14.2 Å². The van der Waals surface area contributed by atoms with Gasteiger partial charge in [0.1, 0.15) is 17.8 Å². The molecule has 0 radical (unpaired) electrons. The molecule has 1 aromatic rings. The van der Waals surface area contributed by atoms with Crippen LogP contribution in [0, 0.1) is 0 Å². The molecule has 2 rings (SSSR count). The van der Waals surface area contributed by atoms with Gasteiger partial charge in [-0.15, -0.1) is 0 Å². The molecule has 1 aliphatic rings. The van der Waals surface area contributed by atoms with Crippen molar-refractivity contribution in [3.05, 3.63) is 26.7 Å². The summed E-state index contributed by atoms with van der Waals surface area (Å²) in [7, 11) is 0. The predicted molar refractivity (Wildman–Crippen MR) is 103 cm³/mol. The van der Waals surface area contributed by atoms with Gasteiger partial charge in [0.05, 0.1) is 16.3 Å². The molecule has 27 heavy (non-hydrogen) atoms. The molecule has 0 aromatic heterocycles. The summed E-state index contributed by atoms with van der Waals surface area (Å²) in [6, 6.07) is 1.32. The number of halogens is 2. The fourth-order valence-corrected chi connectivity index (χ4v) is 3.02. The number of cyclic esters (lactones) is 1. The van der Waals surface area contributed by atoms with Crippen molar-refractivity contribution in [2.24, 2.45) is 0 Å². The second-order valence-corrected chi connectivity index (χ2v) is 9.09. The molecule has 0 bridgehead atoms. The van der Waals surface area contributed by atoms with E-state index in [9.17, 15) is 14.4 Å². The van der Waals surface area contributed by atoms with E-state index in [1.54, 1.807) is 41.5 Å². The molecule has 0 atom stereocenters. The minimum absolute atomic E-state index is 0.0374. The molecular formula is C18H21BrClNO6. The summed E-state index contributed by atoms with van der Waals surface area (Å²) in [5, 5.41) is 0.0590. The number of imide groups is 1. The summed E-state index contributed by atoms with van der Waals surface area (Å²) in [5.74, 6) is -0.572. The second kappa shape index (κ2) is 7.31. The standard InChI is InChI=1S/C18H21BrClNO6/c1-17(2,3)26-15(23)21(16(24)27-18(4,5)6)11-7-9-10(8-25-14(9)22)12(19)13(11)20/h7H,8H2,1-6H3. The fraction of sp³-hybridized carbons (Fsp3) is 0.500. The minimum Gasteiger partial charge on any atom is -0.457 e. The van der Waals surface area contributed by atoms with Gasteiger partial charge in [0.15, 0.2) is 0 Å². The fourth-order valence-electron chi connectivity index (χ4n) is 2.24. The summed E-state index contributed by atoms with van der Waals surface area (Å²) >= 11 is 9.68. The number of nitrogens with zero attached hydrogens (tertiary/aromatic N) is 1. The van der Waals surface area contributed by atoms with Gasteiger partial charge in [-0.2, -0.15) is 4.90 Å². The lowest BCUT2D eigenvalue weighted by Gasteiger charge is -2.29. The maximum Gasteiger partial charge on any atom is 0.424 e. The Morgan fingerprint density at radius 1 is 1.11 bits per heavy atom. The Kier molecular flexibility index (Phi) is 5.82. The van der Waals surface area contributed by atoms with Gasteiger partial charge in [0.25, 0.3) is 0 Å². The van der Waals surface area contributed by atoms with Gasteiger partial charge in [-0.25, -0.2) is 14.4 Å². The molecule has 148 valence electrons. The highest BCUT2D eigenvalue weighted by atomic mass is 79.9. The van der Waals surface area contributed by atoms with E-state index in [-0.39, 0.29) is 22.9 Å². The zero-order valence-corrected chi connectivity index (χ0v) is 18.3. The molecule has 0 unspecified atom stereocenters. The van der Waals surface area contributed by atoms with E-state index in [2.05, 4.69) is 15.9 Å². The average molecular weight is 463 g/mol. The number of rotatable bonds is 1. The van der Waals surface area contributed by atoms with Crippen molar-refractivity contribution in [3.63, 3.8) is 0 Å². The highest BCUT2D eigenvalue weighted by Gasteiger charge is 2.37. The lowest BCUT2D eigenvalue weighted by molar-refractivity contribution is 0.0428. The molecule has 0 saturated carbocycles. The number of carbonyl (C=O) groups excluding carboxylic acids is 3. The highest BCUT2D eigenvalue weighted by molar-refractivity contribution is 9.10. The number of carbonyl (C=O) groups is 3. The Morgan fingerprint density at radius 3 is 2.04 bits per heavy atom. The molecule has 9 heteroatoms. The van der Waals surface area contributed by atoms with Crippen LogP contribution >= 0.6 is 27.5 Å². The number of amides is 2. The highest BCUT2D eigenvalue weighted by Crippen LogP contribution is 2.41. The van der Waals surface area contributed by atoms with E-state index in [0.717, 1.165) is 0 Å².